The first-order chi connectivity index (χ1) is 27.1. The molecule has 6 aliphatic carbocycles. The molecule has 10 heteroatoms. The first-order valence-corrected chi connectivity index (χ1v) is 22.4. The Bertz CT molecular complexity index is 1730. The third kappa shape index (κ3) is 5.59. The maximum Gasteiger partial charge on any atom is 0.331 e. The van der Waals surface area contributed by atoms with Gasteiger partial charge in [0.25, 0.3) is 0 Å². The Kier molecular flexibility index (Phi) is 10.8. The number of aldehydes is 1. The standard InChI is InChI=1S/C47H69NO9/c1-6-7-8-12-29-22-44(25-50)37-16-17-43(4)39-31(18-32(41-33(39)21-38(51)57-41)36(48-5)20-28-11-9-10-13-30(28)24-49)23-45(43,54)47(37,56)42(53)35-19-27(26(2)3)14-15-34(40(29)52)46(35,44)55/h9-11,13,21,25-27,29,31-32,34-37,39-42,48-49,52-56H,6-8,12,14-20,22-24H2,1-5H3/t27-,29+,31-,32-,34+,35+,36+,37-,39-,40+,41-,42+,43-,44+,45-,46-,47-/m1/s1. The van der Waals surface area contributed by atoms with E-state index in [2.05, 4.69) is 26.1 Å². The van der Waals surface area contributed by atoms with E-state index < -0.39 is 69.7 Å². The van der Waals surface area contributed by atoms with Gasteiger partial charge < -0.3 is 45.5 Å². The molecule has 17 atom stereocenters. The molecular formula is C47H69NO9. The molecule has 10 nitrogen and oxygen atoms in total. The lowest BCUT2D eigenvalue weighted by atomic mass is 9.34. The summed E-state index contributed by atoms with van der Waals surface area (Å²) < 4.78 is 6.14. The smallest absolute Gasteiger partial charge is 0.331 e. The largest absolute Gasteiger partial charge is 0.454 e. The van der Waals surface area contributed by atoms with Crippen LogP contribution in [0.4, 0.5) is 0 Å². The number of carbonyl (C=O) groups is 2. The summed E-state index contributed by atoms with van der Waals surface area (Å²) in [5.41, 5.74) is -5.59. The summed E-state index contributed by atoms with van der Waals surface area (Å²) in [7, 11) is 1.90. The van der Waals surface area contributed by atoms with Gasteiger partial charge in [-0.25, -0.2) is 4.79 Å². The van der Waals surface area contributed by atoms with Gasteiger partial charge in [-0.2, -0.15) is 0 Å². The van der Waals surface area contributed by atoms with Crippen LogP contribution in [-0.4, -0.2) is 91.1 Å². The maximum absolute atomic E-state index is 14.2. The van der Waals surface area contributed by atoms with Crippen molar-refractivity contribution in [2.45, 2.75) is 159 Å². The molecule has 7 aliphatic rings. The van der Waals surface area contributed by atoms with Crippen LogP contribution in [0.1, 0.15) is 116 Å². The lowest BCUT2D eigenvalue weighted by Crippen LogP contribution is -2.85. The molecule has 8 rings (SSSR count). The number of rotatable bonds is 11. The minimum atomic E-state index is -2.15. The van der Waals surface area contributed by atoms with Gasteiger partial charge in [-0.05, 0) is 118 Å². The number of benzene rings is 1. The van der Waals surface area contributed by atoms with E-state index in [-0.39, 0.29) is 61.0 Å². The fourth-order valence-electron chi connectivity index (χ4n) is 15.5. The zero-order chi connectivity index (χ0) is 40.9. The fourth-order valence-corrected chi connectivity index (χ4v) is 15.5. The predicted molar refractivity (Wildman–Crippen MR) is 214 cm³/mol. The molecule has 0 saturated heterocycles. The van der Waals surface area contributed by atoms with Gasteiger partial charge in [-0.15, -0.1) is 0 Å². The second kappa shape index (κ2) is 14.8. The molecule has 0 amide bonds. The zero-order valence-electron chi connectivity index (χ0n) is 34.8. The Balaban J connectivity index is 1.23. The molecule has 0 radical (unpaired) electrons. The lowest BCUT2D eigenvalue weighted by Gasteiger charge is -2.73. The highest BCUT2D eigenvalue weighted by Crippen LogP contribution is 2.77. The normalized spacial score (nSPS) is 47.8. The highest BCUT2D eigenvalue weighted by molar-refractivity contribution is 5.86. The van der Waals surface area contributed by atoms with Crippen molar-refractivity contribution in [2.75, 3.05) is 7.05 Å². The van der Waals surface area contributed by atoms with Gasteiger partial charge in [0.05, 0.1) is 29.8 Å². The predicted octanol–water partition coefficient (Wildman–Crippen LogP) is 4.64. The van der Waals surface area contributed by atoms with Crippen LogP contribution in [0.2, 0.25) is 0 Å². The number of nitrogens with one attached hydrogen (secondary N) is 1. The molecule has 1 aromatic carbocycles. The second-order valence-corrected chi connectivity index (χ2v) is 20.5. The van der Waals surface area contributed by atoms with Crippen molar-refractivity contribution < 1.29 is 45.0 Å². The maximum atomic E-state index is 14.2. The van der Waals surface area contributed by atoms with E-state index in [4.69, 9.17) is 4.74 Å². The van der Waals surface area contributed by atoms with Gasteiger partial charge in [0.15, 0.2) is 0 Å². The molecular weight excluding hydrogens is 723 g/mol. The van der Waals surface area contributed by atoms with E-state index in [0.717, 1.165) is 48.7 Å². The van der Waals surface area contributed by atoms with Gasteiger partial charge in [0, 0.05) is 41.2 Å². The summed E-state index contributed by atoms with van der Waals surface area (Å²) in [6.07, 6.45) is 7.05. The van der Waals surface area contributed by atoms with Crippen molar-refractivity contribution in [3.05, 3.63) is 47.0 Å². The average molecular weight is 792 g/mol. The third-order valence-electron chi connectivity index (χ3n) is 18.2. The van der Waals surface area contributed by atoms with Crippen LogP contribution in [0.3, 0.4) is 0 Å². The van der Waals surface area contributed by atoms with Crippen LogP contribution in [0.5, 0.6) is 0 Å². The minimum absolute atomic E-state index is 0.0769. The molecule has 7 N–H and O–H groups in total. The van der Waals surface area contributed by atoms with Crippen molar-refractivity contribution in [3.8, 4) is 0 Å². The van der Waals surface area contributed by atoms with E-state index in [9.17, 15) is 40.2 Å². The van der Waals surface area contributed by atoms with Gasteiger partial charge in [0.1, 0.15) is 23.6 Å². The number of esters is 1. The Morgan fingerprint density at radius 2 is 1.72 bits per heavy atom. The molecule has 6 saturated carbocycles. The van der Waals surface area contributed by atoms with Gasteiger partial charge in [0.2, 0.25) is 0 Å². The first-order valence-electron chi connectivity index (χ1n) is 22.4. The van der Waals surface area contributed by atoms with Crippen LogP contribution < -0.4 is 5.32 Å². The number of carbonyl (C=O) groups excluding carboxylic acids is 2. The molecule has 0 unspecified atom stereocenters. The number of unbranched alkanes of at least 4 members (excludes halogenated alkanes) is 2. The molecule has 57 heavy (non-hydrogen) atoms. The highest BCUT2D eigenvalue weighted by Gasteiger charge is 2.85. The number of hydrogen-bond acceptors (Lipinski definition) is 10. The summed E-state index contributed by atoms with van der Waals surface area (Å²) in [6, 6.07) is 7.65. The number of fused-ring (bicyclic) bond motifs is 8. The summed E-state index contributed by atoms with van der Waals surface area (Å²) in [4.78, 5) is 27.5. The molecule has 1 heterocycles. The average Bonchev–Trinajstić information content (AvgIpc) is 3.62. The third-order valence-corrected chi connectivity index (χ3v) is 18.2. The number of likely N-dealkylation sites (N-methyl/N-ethyl adjacent to an activating group) is 1. The number of aliphatic hydroxyl groups excluding tert-OH is 3. The SMILES string of the molecule is CCCCC[C@H]1C[C@]2(C=O)[C@H]3CC[C@]4(C)[C@H]5C6=CC(=O)O[C@@H]6[C@@H]([C@H](Cc6ccccc6CO)NC)C[C@@H]5C[C@]4(O)[C@]3(O)[C@@H](O)[C@@H]3C[C@H](C(C)C)CC[C@@H]([C@H]1O)[C@@]32O. The van der Waals surface area contributed by atoms with Crippen molar-refractivity contribution in [1.29, 1.82) is 0 Å². The van der Waals surface area contributed by atoms with E-state index in [0.29, 0.717) is 44.9 Å². The van der Waals surface area contributed by atoms with Gasteiger partial charge >= 0.3 is 5.97 Å². The molecule has 316 valence electrons. The van der Waals surface area contributed by atoms with Crippen LogP contribution in [-0.2, 0) is 27.4 Å². The highest BCUT2D eigenvalue weighted by atomic mass is 16.5. The summed E-state index contributed by atoms with van der Waals surface area (Å²) in [5, 5.41) is 79.9. The van der Waals surface area contributed by atoms with E-state index in [1.54, 1.807) is 6.08 Å². The summed E-state index contributed by atoms with van der Waals surface area (Å²) in [6.45, 7) is 8.32. The van der Waals surface area contributed by atoms with E-state index in [1.165, 1.54) is 0 Å². The van der Waals surface area contributed by atoms with Gasteiger partial charge in [-0.1, -0.05) is 71.2 Å². The zero-order valence-corrected chi connectivity index (χ0v) is 34.8. The summed E-state index contributed by atoms with van der Waals surface area (Å²) >= 11 is 0. The Morgan fingerprint density at radius 1 is 0.982 bits per heavy atom. The minimum Gasteiger partial charge on any atom is -0.454 e. The van der Waals surface area contributed by atoms with Crippen molar-refractivity contribution in [3.63, 3.8) is 0 Å². The lowest BCUT2D eigenvalue weighted by molar-refractivity contribution is -0.377. The summed E-state index contributed by atoms with van der Waals surface area (Å²) in [5.74, 6) is -3.59. The Morgan fingerprint density at radius 3 is 2.39 bits per heavy atom. The molecule has 1 aromatic rings. The van der Waals surface area contributed by atoms with Crippen LogP contribution in [0, 0.1) is 64.1 Å². The molecule has 6 fully saturated rings. The molecule has 0 aromatic heterocycles. The topological polar surface area (TPSA) is 177 Å². The van der Waals surface area contributed by atoms with Crippen molar-refractivity contribution in [1.82, 2.24) is 5.32 Å². The van der Waals surface area contributed by atoms with Crippen molar-refractivity contribution in [2.24, 2.45) is 64.1 Å². The fraction of sp³-hybridized carbons (Fsp3) is 0.787. The number of ether oxygens (including phenoxy) is 1. The molecule has 0 spiro atoms. The molecule has 1 aliphatic heterocycles. The van der Waals surface area contributed by atoms with Crippen LogP contribution in [0.25, 0.3) is 0 Å². The quantitative estimate of drug-likeness (QED) is 0.0951. The van der Waals surface area contributed by atoms with Crippen LogP contribution in [0.15, 0.2) is 35.9 Å². The van der Waals surface area contributed by atoms with E-state index >= 15 is 0 Å². The monoisotopic (exact) mass is 791 g/mol. The van der Waals surface area contributed by atoms with E-state index in [1.807, 2.05) is 38.2 Å². The van der Waals surface area contributed by atoms with Crippen molar-refractivity contribution >= 4 is 12.3 Å². The Labute approximate surface area is 338 Å². The number of hydrogen-bond donors (Lipinski definition) is 7. The number of aliphatic hydroxyl groups is 6. The Hall–Kier alpha value is -2.18. The molecule has 0 bridgehead atoms. The second-order valence-electron chi connectivity index (χ2n) is 20.5. The van der Waals surface area contributed by atoms with Crippen LogP contribution >= 0.6 is 0 Å². The first kappa shape index (κ1) is 41.5. The van der Waals surface area contributed by atoms with Gasteiger partial charge in [-0.3, -0.25) is 0 Å².